The molecule has 0 bridgehead atoms. The Labute approximate surface area is 203 Å². The van der Waals surface area contributed by atoms with Crippen LogP contribution < -0.4 is 14.8 Å². The number of amides is 1. The minimum atomic E-state index is -3.76. The molecule has 0 spiro atoms. The second kappa shape index (κ2) is 10.4. The maximum atomic E-state index is 12.7. The third kappa shape index (κ3) is 5.95. The molecule has 0 aliphatic rings. The van der Waals surface area contributed by atoms with Crippen LogP contribution in [0, 0.1) is 0 Å². The lowest BCUT2D eigenvalue weighted by Gasteiger charge is -2.11. The van der Waals surface area contributed by atoms with Gasteiger partial charge < -0.3 is 10.1 Å². The van der Waals surface area contributed by atoms with E-state index in [1.807, 2.05) is 30.3 Å². The fourth-order valence-electron chi connectivity index (χ4n) is 3.15. The van der Waals surface area contributed by atoms with Gasteiger partial charge in [0.2, 0.25) is 0 Å². The Bertz CT molecular complexity index is 1380. The lowest BCUT2D eigenvalue weighted by Crippen LogP contribution is -2.14. The van der Waals surface area contributed by atoms with Crippen molar-refractivity contribution in [2.75, 3.05) is 10.0 Å². The highest BCUT2D eigenvalue weighted by molar-refractivity contribution is 7.92. The van der Waals surface area contributed by atoms with E-state index < -0.39 is 15.9 Å². The van der Waals surface area contributed by atoms with Crippen LogP contribution in [0.15, 0.2) is 108 Å². The van der Waals surface area contributed by atoms with Crippen LogP contribution in [0.5, 0.6) is 5.75 Å². The number of halogens is 1. The number of anilines is 2. The highest BCUT2D eigenvalue weighted by Crippen LogP contribution is 2.25. The second-order valence-corrected chi connectivity index (χ2v) is 9.46. The third-order valence-electron chi connectivity index (χ3n) is 4.88. The molecule has 0 heterocycles. The number of nitrogens with one attached hydrogen (secondary N) is 2. The molecule has 4 aromatic rings. The summed E-state index contributed by atoms with van der Waals surface area (Å²) in [6, 6.07) is 29.1. The summed E-state index contributed by atoms with van der Waals surface area (Å²) in [5, 5.41) is 2.90. The van der Waals surface area contributed by atoms with E-state index in [9.17, 15) is 13.2 Å². The molecule has 1 amide bonds. The van der Waals surface area contributed by atoms with Gasteiger partial charge in [-0.2, -0.15) is 0 Å². The Morgan fingerprint density at radius 1 is 0.794 bits per heavy atom. The van der Waals surface area contributed by atoms with Gasteiger partial charge in [-0.3, -0.25) is 9.52 Å². The molecule has 4 rings (SSSR count). The first-order chi connectivity index (χ1) is 16.4. The van der Waals surface area contributed by atoms with Crippen molar-refractivity contribution >= 4 is 38.9 Å². The van der Waals surface area contributed by atoms with Gasteiger partial charge >= 0.3 is 0 Å². The normalized spacial score (nSPS) is 11.0. The van der Waals surface area contributed by atoms with Crippen LogP contribution >= 0.6 is 11.6 Å². The number of benzene rings is 4. The zero-order valence-corrected chi connectivity index (χ0v) is 19.5. The van der Waals surface area contributed by atoms with Gasteiger partial charge in [0.25, 0.3) is 15.9 Å². The van der Waals surface area contributed by atoms with Crippen LogP contribution in [-0.4, -0.2) is 14.3 Å². The summed E-state index contributed by atoms with van der Waals surface area (Å²) < 4.78 is 33.2. The standard InChI is InChI=1S/C26H21ClN2O4S/c27-25-17-21(29-34(31,32)23-9-5-2-6-10-23)13-16-24(25)26(30)28-20-11-14-22(15-12-20)33-18-19-7-3-1-4-8-19/h1-17,29H,18H2,(H,28,30). The summed E-state index contributed by atoms with van der Waals surface area (Å²) in [6.45, 7) is 0.447. The molecule has 0 radical (unpaired) electrons. The predicted octanol–water partition coefficient (Wildman–Crippen LogP) is 5.97. The highest BCUT2D eigenvalue weighted by atomic mass is 35.5. The zero-order valence-electron chi connectivity index (χ0n) is 17.9. The van der Waals surface area contributed by atoms with Crippen molar-refractivity contribution in [3.63, 3.8) is 0 Å². The molecular formula is C26H21ClN2O4S. The summed E-state index contributed by atoms with van der Waals surface area (Å²) >= 11 is 6.27. The van der Waals surface area contributed by atoms with Crippen molar-refractivity contribution in [1.29, 1.82) is 0 Å². The van der Waals surface area contributed by atoms with E-state index in [1.165, 1.54) is 30.3 Å². The number of carbonyl (C=O) groups excluding carboxylic acids is 1. The van der Waals surface area contributed by atoms with E-state index in [0.29, 0.717) is 18.0 Å². The Hall–Kier alpha value is -3.81. The van der Waals surface area contributed by atoms with Gasteiger partial charge in [-0.1, -0.05) is 60.1 Å². The number of hydrogen-bond donors (Lipinski definition) is 2. The zero-order chi connectivity index (χ0) is 24.0. The minimum Gasteiger partial charge on any atom is -0.489 e. The summed E-state index contributed by atoms with van der Waals surface area (Å²) in [7, 11) is -3.76. The highest BCUT2D eigenvalue weighted by Gasteiger charge is 2.16. The lowest BCUT2D eigenvalue weighted by atomic mass is 10.2. The largest absolute Gasteiger partial charge is 0.489 e. The predicted molar refractivity (Wildman–Crippen MR) is 134 cm³/mol. The summed E-state index contributed by atoms with van der Waals surface area (Å²) in [5.74, 6) is 0.260. The number of ether oxygens (including phenoxy) is 1. The van der Waals surface area contributed by atoms with E-state index >= 15 is 0 Å². The molecule has 8 heteroatoms. The quantitative estimate of drug-likeness (QED) is 0.317. The first-order valence-corrected chi connectivity index (χ1v) is 12.2. The van der Waals surface area contributed by atoms with Gasteiger partial charge in [0.1, 0.15) is 12.4 Å². The van der Waals surface area contributed by atoms with Crippen molar-refractivity contribution < 1.29 is 17.9 Å². The van der Waals surface area contributed by atoms with E-state index in [0.717, 1.165) is 5.56 Å². The van der Waals surface area contributed by atoms with E-state index in [-0.39, 0.29) is 21.2 Å². The molecule has 34 heavy (non-hydrogen) atoms. The number of hydrogen-bond acceptors (Lipinski definition) is 4. The topological polar surface area (TPSA) is 84.5 Å². The third-order valence-corrected chi connectivity index (χ3v) is 6.59. The van der Waals surface area contributed by atoms with Gasteiger partial charge in [0, 0.05) is 5.69 Å². The Balaban J connectivity index is 1.38. The molecule has 172 valence electrons. The fourth-order valence-corrected chi connectivity index (χ4v) is 4.49. The van der Waals surface area contributed by atoms with E-state index in [2.05, 4.69) is 10.0 Å². The summed E-state index contributed by atoms with van der Waals surface area (Å²) in [6.07, 6.45) is 0. The first kappa shape index (κ1) is 23.4. The number of rotatable bonds is 8. The summed E-state index contributed by atoms with van der Waals surface area (Å²) in [5.41, 5.74) is 2.10. The molecule has 2 N–H and O–H groups in total. The average molecular weight is 493 g/mol. The van der Waals surface area contributed by atoms with Crippen LogP contribution in [0.4, 0.5) is 11.4 Å². The Morgan fingerprint density at radius 2 is 1.41 bits per heavy atom. The van der Waals surface area contributed by atoms with Crippen molar-refractivity contribution in [3.05, 3.63) is 119 Å². The van der Waals surface area contributed by atoms with E-state index in [1.54, 1.807) is 42.5 Å². The molecule has 0 aliphatic carbocycles. The van der Waals surface area contributed by atoms with E-state index in [4.69, 9.17) is 16.3 Å². The molecule has 0 unspecified atom stereocenters. The number of sulfonamides is 1. The van der Waals surface area contributed by atoms with Gasteiger partial charge in [-0.15, -0.1) is 0 Å². The SMILES string of the molecule is O=C(Nc1ccc(OCc2ccccc2)cc1)c1ccc(NS(=O)(=O)c2ccccc2)cc1Cl. The molecular weight excluding hydrogens is 472 g/mol. The molecule has 0 aliphatic heterocycles. The van der Waals surface area contributed by atoms with Crippen molar-refractivity contribution in [1.82, 2.24) is 0 Å². The van der Waals surface area contributed by atoms with Gasteiger partial charge in [0.15, 0.2) is 0 Å². The van der Waals surface area contributed by atoms with Crippen LogP contribution in [-0.2, 0) is 16.6 Å². The molecule has 0 saturated carbocycles. The van der Waals surface area contributed by atoms with Crippen molar-refractivity contribution in [2.45, 2.75) is 11.5 Å². The summed E-state index contributed by atoms with van der Waals surface area (Å²) in [4.78, 5) is 12.8. The second-order valence-electron chi connectivity index (χ2n) is 7.37. The monoisotopic (exact) mass is 492 g/mol. The smallest absolute Gasteiger partial charge is 0.261 e. The van der Waals surface area contributed by atoms with Gasteiger partial charge in [-0.05, 0) is 60.2 Å². The maximum Gasteiger partial charge on any atom is 0.261 e. The Kier molecular flexibility index (Phi) is 7.15. The fraction of sp³-hybridized carbons (Fsp3) is 0.0385. The molecule has 0 fully saturated rings. The van der Waals surface area contributed by atoms with Crippen LogP contribution in [0.3, 0.4) is 0 Å². The van der Waals surface area contributed by atoms with Crippen LogP contribution in [0.1, 0.15) is 15.9 Å². The molecule has 0 aromatic heterocycles. The lowest BCUT2D eigenvalue weighted by molar-refractivity contribution is 0.102. The van der Waals surface area contributed by atoms with Crippen LogP contribution in [0.25, 0.3) is 0 Å². The molecule has 0 atom stereocenters. The van der Waals surface area contributed by atoms with Crippen molar-refractivity contribution in [3.8, 4) is 5.75 Å². The molecule has 0 saturated heterocycles. The average Bonchev–Trinajstić information content (AvgIpc) is 2.84. The van der Waals surface area contributed by atoms with Crippen LogP contribution in [0.2, 0.25) is 5.02 Å². The maximum absolute atomic E-state index is 12.7. The van der Waals surface area contributed by atoms with Gasteiger partial charge in [0.05, 0.1) is 21.2 Å². The van der Waals surface area contributed by atoms with Crippen molar-refractivity contribution in [2.24, 2.45) is 0 Å². The Morgan fingerprint density at radius 3 is 2.06 bits per heavy atom. The molecule has 4 aromatic carbocycles. The first-order valence-electron chi connectivity index (χ1n) is 10.4. The minimum absolute atomic E-state index is 0.119. The molecule has 6 nitrogen and oxygen atoms in total. The number of carbonyl (C=O) groups is 1. The van der Waals surface area contributed by atoms with Gasteiger partial charge in [-0.25, -0.2) is 8.42 Å².